The van der Waals surface area contributed by atoms with Gasteiger partial charge < -0.3 is 5.32 Å². The van der Waals surface area contributed by atoms with E-state index in [2.05, 4.69) is 5.32 Å². The van der Waals surface area contributed by atoms with Crippen molar-refractivity contribution >= 4 is 17.5 Å². The summed E-state index contributed by atoms with van der Waals surface area (Å²) in [7, 11) is 0. The van der Waals surface area contributed by atoms with Crippen LogP contribution in [0.1, 0.15) is 28.9 Å². The first-order valence-electron chi connectivity index (χ1n) is 5.99. The van der Waals surface area contributed by atoms with Crippen LogP contribution in [0, 0.1) is 11.6 Å². The van der Waals surface area contributed by atoms with Gasteiger partial charge in [-0.25, -0.2) is 8.78 Å². The average molecular weight is 296 g/mol. The Morgan fingerprint density at radius 1 is 1.15 bits per heavy atom. The van der Waals surface area contributed by atoms with E-state index >= 15 is 0 Å². The molecule has 0 spiro atoms. The lowest BCUT2D eigenvalue weighted by Gasteiger charge is -2.14. The van der Waals surface area contributed by atoms with Crippen molar-refractivity contribution in [2.75, 3.05) is 0 Å². The second-order valence-electron chi connectivity index (χ2n) is 4.37. The number of amides is 1. The Morgan fingerprint density at radius 3 is 2.40 bits per heavy atom. The third kappa shape index (κ3) is 3.33. The van der Waals surface area contributed by atoms with Crippen LogP contribution in [0.4, 0.5) is 8.78 Å². The normalized spacial score (nSPS) is 12.0. The Bertz CT molecular complexity index is 628. The first kappa shape index (κ1) is 14.5. The van der Waals surface area contributed by atoms with Gasteiger partial charge in [-0.15, -0.1) is 0 Å². The van der Waals surface area contributed by atoms with Crippen molar-refractivity contribution in [3.63, 3.8) is 0 Å². The molecule has 0 radical (unpaired) electrons. The molecule has 1 amide bonds. The van der Waals surface area contributed by atoms with Crippen molar-refractivity contribution in [1.29, 1.82) is 0 Å². The predicted molar refractivity (Wildman–Crippen MR) is 73.7 cm³/mol. The molecule has 0 saturated heterocycles. The molecule has 0 fully saturated rings. The van der Waals surface area contributed by atoms with Gasteiger partial charge in [-0.2, -0.15) is 0 Å². The van der Waals surface area contributed by atoms with Gasteiger partial charge in [0, 0.05) is 11.1 Å². The van der Waals surface area contributed by atoms with Gasteiger partial charge in [0.05, 0.1) is 11.6 Å². The largest absolute Gasteiger partial charge is 0.345 e. The highest BCUT2D eigenvalue weighted by Gasteiger charge is 2.15. The van der Waals surface area contributed by atoms with E-state index in [1.807, 2.05) is 0 Å². The molecule has 0 heterocycles. The molecule has 2 aromatic carbocycles. The van der Waals surface area contributed by atoms with Gasteiger partial charge >= 0.3 is 0 Å². The molecule has 0 aliphatic heterocycles. The van der Waals surface area contributed by atoms with E-state index in [1.165, 1.54) is 0 Å². The molecule has 1 atom stereocenters. The second kappa shape index (κ2) is 6.01. The first-order valence-corrected chi connectivity index (χ1v) is 6.36. The molecular formula is C15H12ClF2NO. The molecule has 0 aliphatic carbocycles. The van der Waals surface area contributed by atoms with Crippen LogP contribution >= 0.6 is 11.6 Å². The van der Waals surface area contributed by atoms with E-state index in [9.17, 15) is 13.6 Å². The van der Waals surface area contributed by atoms with Crippen LogP contribution in [0.25, 0.3) is 0 Å². The SMILES string of the molecule is CC(NC(=O)c1ccc(F)cc1F)c1ccc(Cl)cc1. The summed E-state index contributed by atoms with van der Waals surface area (Å²) >= 11 is 5.78. The van der Waals surface area contributed by atoms with E-state index in [-0.39, 0.29) is 11.6 Å². The lowest BCUT2D eigenvalue weighted by Crippen LogP contribution is -2.27. The first-order chi connectivity index (χ1) is 9.47. The standard InChI is InChI=1S/C15H12ClF2NO/c1-9(10-2-4-11(16)5-3-10)19-15(20)13-7-6-12(17)8-14(13)18/h2-9H,1H3,(H,19,20). The highest BCUT2D eigenvalue weighted by atomic mass is 35.5. The smallest absolute Gasteiger partial charge is 0.254 e. The van der Waals surface area contributed by atoms with E-state index in [0.29, 0.717) is 11.1 Å². The maximum Gasteiger partial charge on any atom is 0.254 e. The molecule has 104 valence electrons. The zero-order valence-electron chi connectivity index (χ0n) is 10.7. The van der Waals surface area contributed by atoms with Crippen LogP contribution in [0.2, 0.25) is 5.02 Å². The van der Waals surface area contributed by atoms with Crippen LogP contribution in [0.5, 0.6) is 0 Å². The average Bonchev–Trinajstić information content (AvgIpc) is 2.39. The van der Waals surface area contributed by atoms with E-state index in [1.54, 1.807) is 31.2 Å². The number of benzene rings is 2. The summed E-state index contributed by atoms with van der Waals surface area (Å²) in [6.07, 6.45) is 0. The molecule has 0 saturated carbocycles. The summed E-state index contributed by atoms with van der Waals surface area (Å²) in [5, 5.41) is 3.24. The Labute approximate surface area is 120 Å². The van der Waals surface area contributed by atoms with E-state index in [4.69, 9.17) is 11.6 Å². The van der Waals surface area contributed by atoms with Gasteiger partial charge in [-0.05, 0) is 36.8 Å². The molecule has 1 N–H and O–H groups in total. The van der Waals surface area contributed by atoms with Crippen molar-refractivity contribution in [3.05, 3.63) is 70.2 Å². The molecule has 0 aromatic heterocycles. The Morgan fingerprint density at radius 2 is 1.80 bits per heavy atom. The zero-order chi connectivity index (χ0) is 14.7. The topological polar surface area (TPSA) is 29.1 Å². The molecule has 1 unspecified atom stereocenters. The number of nitrogens with one attached hydrogen (secondary N) is 1. The molecule has 0 bridgehead atoms. The van der Waals surface area contributed by atoms with Gasteiger partial charge in [0.25, 0.3) is 5.91 Å². The van der Waals surface area contributed by atoms with Crippen molar-refractivity contribution in [2.24, 2.45) is 0 Å². The maximum absolute atomic E-state index is 13.5. The number of hydrogen-bond donors (Lipinski definition) is 1. The molecule has 20 heavy (non-hydrogen) atoms. The number of carbonyl (C=O) groups is 1. The Hall–Kier alpha value is -1.94. The van der Waals surface area contributed by atoms with Crippen molar-refractivity contribution in [3.8, 4) is 0 Å². The lowest BCUT2D eigenvalue weighted by molar-refractivity contribution is 0.0935. The van der Waals surface area contributed by atoms with Crippen LogP contribution in [0.15, 0.2) is 42.5 Å². The number of carbonyl (C=O) groups excluding carboxylic acids is 1. The summed E-state index contributed by atoms with van der Waals surface area (Å²) in [6.45, 7) is 1.77. The minimum atomic E-state index is -0.884. The lowest BCUT2D eigenvalue weighted by atomic mass is 10.1. The predicted octanol–water partition coefficient (Wildman–Crippen LogP) is 4.11. The maximum atomic E-state index is 13.5. The number of halogens is 3. The van der Waals surface area contributed by atoms with Crippen molar-refractivity contribution in [1.82, 2.24) is 5.32 Å². The minimum Gasteiger partial charge on any atom is -0.345 e. The van der Waals surface area contributed by atoms with Crippen LogP contribution in [-0.2, 0) is 0 Å². The second-order valence-corrected chi connectivity index (χ2v) is 4.81. The highest BCUT2D eigenvalue weighted by Crippen LogP contribution is 2.17. The monoisotopic (exact) mass is 295 g/mol. The summed E-state index contributed by atoms with van der Waals surface area (Å²) in [5.41, 5.74) is 0.650. The van der Waals surface area contributed by atoms with Crippen LogP contribution in [0.3, 0.4) is 0 Å². The van der Waals surface area contributed by atoms with Gasteiger partial charge in [0.15, 0.2) is 0 Å². The quantitative estimate of drug-likeness (QED) is 0.907. The summed E-state index contributed by atoms with van der Waals surface area (Å²) in [4.78, 5) is 11.9. The van der Waals surface area contributed by atoms with Gasteiger partial charge in [-0.3, -0.25) is 4.79 Å². The summed E-state index contributed by atoms with van der Waals surface area (Å²) < 4.78 is 26.3. The van der Waals surface area contributed by atoms with Crippen molar-refractivity contribution in [2.45, 2.75) is 13.0 Å². The zero-order valence-corrected chi connectivity index (χ0v) is 11.4. The van der Waals surface area contributed by atoms with Crippen LogP contribution < -0.4 is 5.32 Å². The molecule has 2 aromatic rings. The fourth-order valence-corrected chi connectivity index (χ4v) is 1.91. The molecular weight excluding hydrogens is 284 g/mol. The minimum absolute atomic E-state index is 0.188. The molecule has 2 nitrogen and oxygen atoms in total. The van der Waals surface area contributed by atoms with Crippen molar-refractivity contribution < 1.29 is 13.6 Å². The Kier molecular flexibility index (Phi) is 4.35. The summed E-state index contributed by atoms with van der Waals surface area (Å²) in [5.74, 6) is -2.19. The van der Waals surface area contributed by atoms with E-state index < -0.39 is 17.5 Å². The van der Waals surface area contributed by atoms with Gasteiger partial charge in [0.1, 0.15) is 11.6 Å². The fraction of sp³-hybridized carbons (Fsp3) is 0.133. The third-order valence-electron chi connectivity index (χ3n) is 2.89. The number of rotatable bonds is 3. The molecule has 0 aliphatic rings. The third-order valence-corrected chi connectivity index (χ3v) is 3.15. The Balaban J connectivity index is 2.13. The van der Waals surface area contributed by atoms with E-state index in [0.717, 1.165) is 17.7 Å². The molecule has 2 rings (SSSR count). The summed E-state index contributed by atoms with van der Waals surface area (Å²) in [6, 6.07) is 9.49. The van der Waals surface area contributed by atoms with Gasteiger partial charge in [0.2, 0.25) is 0 Å². The fourth-order valence-electron chi connectivity index (χ4n) is 1.78. The molecule has 5 heteroatoms. The number of hydrogen-bond acceptors (Lipinski definition) is 1. The van der Waals surface area contributed by atoms with Crippen LogP contribution in [-0.4, -0.2) is 5.91 Å². The van der Waals surface area contributed by atoms with Gasteiger partial charge in [-0.1, -0.05) is 23.7 Å². The highest BCUT2D eigenvalue weighted by molar-refractivity contribution is 6.30.